The van der Waals surface area contributed by atoms with Gasteiger partial charge in [-0.1, -0.05) is 56.5 Å². The van der Waals surface area contributed by atoms with Crippen LogP contribution in [0, 0.1) is 18.8 Å². The van der Waals surface area contributed by atoms with Crippen LogP contribution in [0.1, 0.15) is 63.5 Å². The lowest BCUT2D eigenvalue weighted by Gasteiger charge is -2.37. The summed E-state index contributed by atoms with van der Waals surface area (Å²) in [5, 5.41) is 3.82. The third kappa shape index (κ3) is 5.14. The maximum atomic E-state index is 3.82. The monoisotopic (exact) mass is 287 g/mol. The Morgan fingerprint density at radius 1 is 1.14 bits per heavy atom. The standard InChI is InChI=1S/C20H33N/c1-4-7-17-10-11-20(21-12-5-2)19(14-17)15-18-9-6-8-16(3)13-18/h6,8-9,13,17,19-21H,4-5,7,10-12,14-15H2,1-3H3. The zero-order chi connectivity index (χ0) is 15.1. The van der Waals surface area contributed by atoms with Gasteiger partial charge in [0.1, 0.15) is 0 Å². The molecule has 1 aliphatic carbocycles. The van der Waals surface area contributed by atoms with Gasteiger partial charge in [-0.15, -0.1) is 0 Å². The minimum absolute atomic E-state index is 0.735. The Morgan fingerprint density at radius 2 is 2.00 bits per heavy atom. The highest BCUT2D eigenvalue weighted by Crippen LogP contribution is 2.34. The Balaban J connectivity index is 2.01. The van der Waals surface area contributed by atoms with Gasteiger partial charge in [0, 0.05) is 6.04 Å². The second-order valence-corrected chi connectivity index (χ2v) is 6.98. The second kappa shape index (κ2) is 8.58. The summed E-state index contributed by atoms with van der Waals surface area (Å²) in [7, 11) is 0. The van der Waals surface area contributed by atoms with Gasteiger partial charge < -0.3 is 5.32 Å². The first kappa shape index (κ1) is 16.5. The molecular weight excluding hydrogens is 254 g/mol. The minimum Gasteiger partial charge on any atom is -0.314 e. The number of hydrogen-bond acceptors (Lipinski definition) is 1. The van der Waals surface area contributed by atoms with Crippen molar-refractivity contribution in [2.75, 3.05) is 6.54 Å². The third-order valence-electron chi connectivity index (χ3n) is 5.02. The Morgan fingerprint density at radius 3 is 2.71 bits per heavy atom. The zero-order valence-corrected chi connectivity index (χ0v) is 14.2. The smallest absolute Gasteiger partial charge is 0.00987 e. The van der Waals surface area contributed by atoms with Gasteiger partial charge in [-0.2, -0.15) is 0 Å². The molecule has 0 saturated heterocycles. The predicted molar refractivity (Wildman–Crippen MR) is 92.7 cm³/mol. The van der Waals surface area contributed by atoms with Gasteiger partial charge in [-0.05, 0) is 63.0 Å². The van der Waals surface area contributed by atoms with Crippen LogP contribution in [0.25, 0.3) is 0 Å². The Bertz CT molecular complexity index is 412. The molecular formula is C20H33N. The molecule has 3 unspecified atom stereocenters. The van der Waals surface area contributed by atoms with Crippen LogP contribution in [-0.4, -0.2) is 12.6 Å². The Hall–Kier alpha value is -0.820. The van der Waals surface area contributed by atoms with Crippen molar-refractivity contribution in [3.05, 3.63) is 35.4 Å². The fourth-order valence-corrected chi connectivity index (χ4v) is 4.00. The normalized spacial score (nSPS) is 26.0. The summed E-state index contributed by atoms with van der Waals surface area (Å²) in [6, 6.07) is 9.84. The van der Waals surface area contributed by atoms with Gasteiger partial charge in [-0.25, -0.2) is 0 Å². The van der Waals surface area contributed by atoms with Gasteiger partial charge in [0.2, 0.25) is 0 Å². The molecule has 2 rings (SSSR count). The van der Waals surface area contributed by atoms with Crippen LogP contribution in [-0.2, 0) is 6.42 Å². The third-order valence-corrected chi connectivity index (χ3v) is 5.02. The van der Waals surface area contributed by atoms with E-state index in [0.717, 1.165) is 17.9 Å². The molecule has 0 radical (unpaired) electrons. The van der Waals surface area contributed by atoms with Crippen LogP contribution in [0.5, 0.6) is 0 Å². The van der Waals surface area contributed by atoms with Crippen molar-refractivity contribution in [1.82, 2.24) is 5.32 Å². The summed E-state index contributed by atoms with van der Waals surface area (Å²) in [6.45, 7) is 7.98. The van der Waals surface area contributed by atoms with Crippen LogP contribution in [0.15, 0.2) is 24.3 Å². The lowest BCUT2D eigenvalue weighted by Crippen LogP contribution is -2.42. The van der Waals surface area contributed by atoms with Crippen molar-refractivity contribution in [3.63, 3.8) is 0 Å². The van der Waals surface area contributed by atoms with E-state index in [1.165, 1.54) is 62.6 Å². The van der Waals surface area contributed by atoms with Gasteiger partial charge in [-0.3, -0.25) is 0 Å². The lowest BCUT2D eigenvalue weighted by atomic mass is 9.74. The van der Waals surface area contributed by atoms with Crippen molar-refractivity contribution in [2.24, 2.45) is 11.8 Å². The van der Waals surface area contributed by atoms with Crippen LogP contribution >= 0.6 is 0 Å². The topological polar surface area (TPSA) is 12.0 Å². The van der Waals surface area contributed by atoms with E-state index in [2.05, 4.69) is 50.4 Å². The lowest BCUT2D eigenvalue weighted by molar-refractivity contribution is 0.194. The van der Waals surface area contributed by atoms with E-state index < -0.39 is 0 Å². The molecule has 1 fully saturated rings. The minimum atomic E-state index is 0.735. The van der Waals surface area contributed by atoms with Crippen LogP contribution in [0.2, 0.25) is 0 Å². The molecule has 1 aliphatic rings. The molecule has 21 heavy (non-hydrogen) atoms. The van der Waals surface area contributed by atoms with Crippen LogP contribution < -0.4 is 5.32 Å². The zero-order valence-electron chi connectivity index (χ0n) is 14.2. The van der Waals surface area contributed by atoms with E-state index in [1.807, 2.05) is 0 Å². The highest BCUT2D eigenvalue weighted by atomic mass is 14.9. The van der Waals surface area contributed by atoms with Gasteiger partial charge >= 0.3 is 0 Å². The SMILES string of the molecule is CCCNC1CCC(CCC)CC1Cc1cccc(C)c1. The van der Waals surface area contributed by atoms with Gasteiger partial charge in [0.25, 0.3) is 0 Å². The first-order valence-electron chi connectivity index (χ1n) is 9.01. The number of hydrogen-bond donors (Lipinski definition) is 1. The largest absolute Gasteiger partial charge is 0.314 e. The highest BCUT2D eigenvalue weighted by Gasteiger charge is 2.29. The van der Waals surface area contributed by atoms with Crippen molar-refractivity contribution in [1.29, 1.82) is 0 Å². The Kier molecular flexibility index (Phi) is 6.76. The van der Waals surface area contributed by atoms with Crippen molar-refractivity contribution in [2.45, 2.75) is 71.8 Å². The molecule has 1 saturated carbocycles. The van der Waals surface area contributed by atoms with E-state index in [-0.39, 0.29) is 0 Å². The van der Waals surface area contributed by atoms with Crippen molar-refractivity contribution < 1.29 is 0 Å². The Labute approximate surface area is 131 Å². The maximum Gasteiger partial charge on any atom is 0.00987 e. The summed E-state index contributed by atoms with van der Waals surface area (Å²) >= 11 is 0. The number of benzene rings is 1. The molecule has 118 valence electrons. The molecule has 0 bridgehead atoms. The average Bonchev–Trinajstić information content (AvgIpc) is 2.47. The molecule has 1 aromatic carbocycles. The first-order valence-corrected chi connectivity index (χ1v) is 9.01. The fraction of sp³-hybridized carbons (Fsp3) is 0.700. The second-order valence-electron chi connectivity index (χ2n) is 6.98. The average molecular weight is 287 g/mol. The molecule has 0 heterocycles. The number of aryl methyl sites for hydroxylation is 1. The highest BCUT2D eigenvalue weighted by molar-refractivity contribution is 5.23. The van der Waals surface area contributed by atoms with E-state index in [9.17, 15) is 0 Å². The molecule has 0 aromatic heterocycles. The van der Waals surface area contributed by atoms with Crippen molar-refractivity contribution >= 4 is 0 Å². The number of rotatable bonds is 7. The molecule has 0 aliphatic heterocycles. The molecule has 1 N–H and O–H groups in total. The van der Waals surface area contributed by atoms with Crippen molar-refractivity contribution in [3.8, 4) is 0 Å². The van der Waals surface area contributed by atoms with Crippen LogP contribution in [0.4, 0.5) is 0 Å². The first-order chi connectivity index (χ1) is 10.2. The molecule has 1 aromatic rings. The summed E-state index contributed by atoms with van der Waals surface area (Å²) in [4.78, 5) is 0. The maximum absolute atomic E-state index is 3.82. The molecule has 1 heteroatoms. The van der Waals surface area contributed by atoms with E-state index in [1.54, 1.807) is 0 Å². The number of nitrogens with one attached hydrogen (secondary N) is 1. The quantitative estimate of drug-likeness (QED) is 0.733. The molecule has 1 nitrogen and oxygen atoms in total. The van der Waals surface area contributed by atoms with E-state index in [4.69, 9.17) is 0 Å². The van der Waals surface area contributed by atoms with Gasteiger partial charge in [0.15, 0.2) is 0 Å². The van der Waals surface area contributed by atoms with E-state index in [0.29, 0.717) is 0 Å². The summed E-state index contributed by atoms with van der Waals surface area (Å²) in [5.41, 5.74) is 2.92. The summed E-state index contributed by atoms with van der Waals surface area (Å²) in [5.74, 6) is 1.79. The van der Waals surface area contributed by atoms with E-state index >= 15 is 0 Å². The van der Waals surface area contributed by atoms with Crippen LogP contribution in [0.3, 0.4) is 0 Å². The molecule has 0 amide bonds. The summed E-state index contributed by atoms with van der Waals surface area (Å²) < 4.78 is 0. The molecule has 3 atom stereocenters. The predicted octanol–water partition coefficient (Wildman–Crippen LogP) is 5.12. The van der Waals surface area contributed by atoms with Gasteiger partial charge in [0.05, 0.1) is 0 Å². The summed E-state index contributed by atoms with van der Waals surface area (Å²) in [6.07, 6.45) is 9.49. The molecule has 0 spiro atoms. The fourth-order valence-electron chi connectivity index (χ4n) is 4.00.